The quantitative estimate of drug-likeness (QED) is 0.878. The molecule has 0 radical (unpaired) electrons. The van der Waals surface area contributed by atoms with Gasteiger partial charge in [-0.05, 0) is 67.1 Å². The van der Waals surface area contributed by atoms with Crippen molar-refractivity contribution < 1.29 is 14.3 Å². The van der Waals surface area contributed by atoms with Gasteiger partial charge in [-0.2, -0.15) is 0 Å². The molecule has 0 aromatic heterocycles. The third kappa shape index (κ3) is 2.48. The normalized spacial score (nSPS) is 33.2. The predicted octanol–water partition coefficient (Wildman–Crippen LogP) is 2.65. The van der Waals surface area contributed by atoms with E-state index in [1.165, 1.54) is 19.3 Å². The van der Waals surface area contributed by atoms with Gasteiger partial charge in [0.2, 0.25) is 5.91 Å². The van der Waals surface area contributed by atoms with Crippen LogP contribution in [0, 0.1) is 29.6 Å². The Balaban J connectivity index is 1.28. The zero-order valence-electron chi connectivity index (χ0n) is 13.9. The number of fused-ring (bicyclic) bond motifs is 5. The van der Waals surface area contributed by atoms with Crippen molar-refractivity contribution in [3.05, 3.63) is 23.8 Å². The second-order valence-electron chi connectivity index (χ2n) is 7.24. The van der Waals surface area contributed by atoms with Gasteiger partial charge in [-0.1, -0.05) is 6.07 Å². The van der Waals surface area contributed by atoms with Crippen LogP contribution in [0.25, 0.3) is 0 Å². The minimum Gasteiger partial charge on any atom is -0.493 e. The van der Waals surface area contributed by atoms with Crippen molar-refractivity contribution in [1.29, 1.82) is 0 Å². The van der Waals surface area contributed by atoms with Gasteiger partial charge in [-0.25, -0.2) is 0 Å². The Labute approximate surface area is 137 Å². The first kappa shape index (κ1) is 14.9. The summed E-state index contributed by atoms with van der Waals surface area (Å²) in [5, 5.41) is 3.15. The smallest absolute Gasteiger partial charge is 0.223 e. The fraction of sp³-hybridized carbons (Fsp3) is 0.632. The van der Waals surface area contributed by atoms with Crippen molar-refractivity contribution in [2.75, 3.05) is 20.8 Å². The highest BCUT2D eigenvalue weighted by Crippen LogP contribution is 2.69. The molecule has 4 heteroatoms. The molecule has 124 valence electrons. The van der Waals surface area contributed by atoms with Crippen LogP contribution in [-0.4, -0.2) is 26.7 Å². The fourth-order valence-electron chi connectivity index (χ4n) is 5.16. The molecule has 0 unspecified atom stereocenters. The highest BCUT2D eigenvalue weighted by Gasteiger charge is 2.67. The molecule has 3 aliphatic carbocycles. The van der Waals surface area contributed by atoms with Crippen LogP contribution in [0.2, 0.25) is 0 Å². The molecule has 3 saturated carbocycles. The topological polar surface area (TPSA) is 47.6 Å². The summed E-state index contributed by atoms with van der Waals surface area (Å²) in [7, 11) is 3.28. The summed E-state index contributed by atoms with van der Waals surface area (Å²) in [5.74, 6) is 5.23. The summed E-state index contributed by atoms with van der Waals surface area (Å²) in [5.41, 5.74) is 1.15. The summed E-state index contributed by atoms with van der Waals surface area (Å²) < 4.78 is 10.6. The third-order valence-electron chi connectivity index (χ3n) is 6.20. The number of hydrogen-bond donors (Lipinski definition) is 1. The van der Waals surface area contributed by atoms with Crippen LogP contribution in [-0.2, 0) is 11.2 Å². The van der Waals surface area contributed by atoms with Gasteiger partial charge < -0.3 is 14.8 Å². The number of ether oxygens (including phenoxy) is 2. The minimum absolute atomic E-state index is 0.289. The van der Waals surface area contributed by atoms with Crippen molar-refractivity contribution in [2.45, 2.75) is 25.7 Å². The maximum Gasteiger partial charge on any atom is 0.223 e. The average molecular weight is 315 g/mol. The van der Waals surface area contributed by atoms with Gasteiger partial charge in [0, 0.05) is 12.5 Å². The van der Waals surface area contributed by atoms with Crippen molar-refractivity contribution in [3.8, 4) is 11.5 Å². The first-order valence-corrected chi connectivity index (χ1v) is 8.71. The van der Waals surface area contributed by atoms with Crippen LogP contribution in [0.15, 0.2) is 18.2 Å². The second-order valence-corrected chi connectivity index (χ2v) is 7.24. The van der Waals surface area contributed by atoms with E-state index in [0.717, 1.165) is 47.2 Å². The zero-order valence-corrected chi connectivity index (χ0v) is 13.9. The second kappa shape index (κ2) is 5.73. The Morgan fingerprint density at radius 2 is 1.83 bits per heavy atom. The lowest BCUT2D eigenvalue weighted by molar-refractivity contribution is -0.123. The van der Waals surface area contributed by atoms with Crippen molar-refractivity contribution in [3.63, 3.8) is 0 Å². The number of methoxy groups -OCH3 is 2. The number of nitrogens with one attached hydrogen (secondary N) is 1. The first-order valence-electron chi connectivity index (χ1n) is 8.71. The Bertz CT molecular complexity index is 599. The van der Waals surface area contributed by atoms with E-state index in [1.807, 2.05) is 18.2 Å². The van der Waals surface area contributed by atoms with E-state index >= 15 is 0 Å². The number of amides is 1. The molecule has 0 aliphatic heterocycles. The molecule has 4 rings (SSSR count). The van der Waals surface area contributed by atoms with Crippen molar-refractivity contribution in [1.82, 2.24) is 5.32 Å². The van der Waals surface area contributed by atoms with Crippen LogP contribution in [0.5, 0.6) is 11.5 Å². The number of carbonyl (C=O) groups is 1. The molecule has 3 aliphatic rings. The van der Waals surface area contributed by atoms with Gasteiger partial charge in [0.05, 0.1) is 14.2 Å². The van der Waals surface area contributed by atoms with E-state index in [2.05, 4.69) is 5.32 Å². The summed E-state index contributed by atoms with van der Waals surface area (Å²) in [6.45, 7) is 0.694. The number of hydrogen-bond acceptors (Lipinski definition) is 3. The molecule has 1 amide bonds. The molecule has 0 heterocycles. The van der Waals surface area contributed by atoms with Crippen LogP contribution in [0.4, 0.5) is 0 Å². The largest absolute Gasteiger partial charge is 0.493 e. The molecule has 4 nitrogen and oxygen atoms in total. The van der Waals surface area contributed by atoms with E-state index in [4.69, 9.17) is 9.47 Å². The molecule has 1 aromatic rings. The fourth-order valence-corrected chi connectivity index (χ4v) is 5.16. The molecule has 23 heavy (non-hydrogen) atoms. The van der Waals surface area contributed by atoms with Crippen molar-refractivity contribution >= 4 is 5.91 Å². The molecular formula is C19H25NO3. The Morgan fingerprint density at radius 1 is 1.13 bits per heavy atom. The lowest BCUT2D eigenvalue weighted by Gasteiger charge is -2.11. The van der Waals surface area contributed by atoms with E-state index < -0.39 is 0 Å². The zero-order chi connectivity index (χ0) is 16.0. The van der Waals surface area contributed by atoms with Crippen molar-refractivity contribution in [2.24, 2.45) is 29.6 Å². The summed E-state index contributed by atoms with van der Waals surface area (Å²) in [6, 6.07) is 5.93. The Kier molecular flexibility index (Phi) is 3.70. The molecule has 1 aromatic carbocycles. The monoisotopic (exact) mass is 315 g/mol. The van der Waals surface area contributed by atoms with Gasteiger partial charge in [-0.15, -0.1) is 0 Å². The van der Waals surface area contributed by atoms with Crippen LogP contribution >= 0.6 is 0 Å². The third-order valence-corrected chi connectivity index (χ3v) is 6.20. The minimum atomic E-state index is 0.289. The maximum absolute atomic E-state index is 12.4. The molecule has 0 spiro atoms. The number of benzene rings is 1. The molecule has 0 saturated heterocycles. The van der Waals surface area contributed by atoms with Gasteiger partial charge in [0.15, 0.2) is 11.5 Å². The lowest BCUT2D eigenvalue weighted by atomic mass is 10.0. The highest BCUT2D eigenvalue weighted by molar-refractivity contribution is 5.82. The van der Waals surface area contributed by atoms with Gasteiger partial charge in [0.25, 0.3) is 0 Å². The summed E-state index contributed by atoms with van der Waals surface area (Å²) >= 11 is 0. The van der Waals surface area contributed by atoms with Crippen LogP contribution < -0.4 is 14.8 Å². The standard InChI is InChI=1S/C19H25NO3/c1-22-14-6-3-11(9-15(14)23-2)7-8-20-19(21)18-16-12-4-5-13(10-12)17(16)18/h3,6,9,12-13,16-18H,4-5,7-8,10H2,1-2H3,(H,20,21)/t12-,13-,16-,17-/m0/s1. The SMILES string of the molecule is COc1ccc(CCNC(=O)C2[C@H]3[C@H]4CC[C@@H](C4)[C@H]23)cc1OC. The first-order chi connectivity index (χ1) is 11.2. The van der Waals surface area contributed by atoms with E-state index in [1.54, 1.807) is 14.2 Å². The van der Waals surface area contributed by atoms with E-state index in [0.29, 0.717) is 12.5 Å². The molecule has 2 bridgehead atoms. The molecular weight excluding hydrogens is 290 g/mol. The predicted molar refractivity (Wildman–Crippen MR) is 87.6 cm³/mol. The van der Waals surface area contributed by atoms with Crippen LogP contribution in [0.1, 0.15) is 24.8 Å². The van der Waals surface area contributed by atoms with Crippen LogP contribution in [0.3, 0.4) is 0 Å². The Hall–Kier alpha value is -1.71. The molecule has 1 N–H and O–H groups in total. The van der Waals surface area contributed by atoms with Gasteiger partial charge in [-0.3, -0.25) is 4.79 Å². The number of carbonyl (C=O) groups excluding carboxylic acids is 1. The molecule has 4 atom stereocenters. The molecule has 3 fully saturated rings. The lowest BCUT2D eigenvalue weighted by Crippen LogP contribution is -2.29. The average Bonchev–Trinajstić information content (AvgIpc) is 3.02. The summed E-state index contributed by atoms with van der Waals surface area (Å²) in [4.78, 5) is 12.4. The highest BCUT2D eigenvalue weighted by atomic mass is 16.5. The van der Waals surface area contributed by atoms with E-state index in [-0.39, 0.29) is 5.91 Å². The number of rotatable bonds is 6. The summed E-state index contributed by atoms with van der Waals surface area (Å²) in [6.07, 6.45) is 4.94. The van der Waals surface area contributed by atoms with Gasteiger partial charge in [0.1, 0.15) is 0 Å². The van der Waals surface area contributed by atoms with Gasteiger partial charge >= 0.3 is 0 Å². The van der Waals surface area contributed by atoms with E-state index in [9.17, 15) is 4.79 Å². The maximum atomic E-state index is 12.4. The Morgan fingerprint density at radius 3 is 2.48 bits per heavy atom.